The summed E-state index contributed by atoms with van der Waals surface area (Å²) in [5.41, 5.74) is 0.193. The van der Waals surface area contributed by atoms with Gasteiger partial charge in [-0.15, -0.1) is 0 Å². The average Bonchev–Trinajstić information content (AvgIpc) is 3.66. The fourth-order valence-electron chi connectivity index (χ4n) is 5.93. The number of methoxy groups -OCH3 is 1. The van der Waals surface area contributed by atoms with E-state index in [9.17, 15) is 38.1 Å². The normalized spacial score (nSPS) is 24.4. The highest BCUT2D eigenvalue weighted by Crippen LogP contribution is 2.51. The van der Waals surface area contributed by atoms with Gasteiger partial charge in [0, 0.05) is 36.4 Å². The zero-order valence-corrected chi connectivity index (χ0v) is 23.3. The summed E-state index contributed by atoms with van der Waals surface area (Å²) in [6.45, 7) is -0.226. The Kier molecular flexibility index (Phi) is 8.97. The lowest BCUT2D eigenvalue weighted by atomic mass is 9.77. The van der Waals surface area contributed by atoms with E-state index < -0.39 is 53.8 Å². The van der Waals surface area contributed by atoms with E-state index in [1.165, 1.54) is 18.1 Å². The van der Waals surface area contributed by atoms with Crippen molar-refractivity contribution in [2.45, 2.75) is 55.9 Å². The van der Waals surface area contributed by atoms with Crippen molar-refractivity contribution in [1.82, 2.24) is 10.2 Å². The van der Waals surface area contributed by atoms with E-state index in [0.29, 0.717) is 24.2 Å². The minimum absolute atomic E-state index is 0.00589. The molecule has 3 aliphatic rings. The van der Waals surface area contributed by atoms with Gasteiger partial charge in [-0.2, -0.15) is 13.2 Å². The van der Waals surface area contributed by atoms with Crippen LogP contribution in [-0.4, -0.2) is 89.8 Å². The number of nitrogens with one attached hydrogen (secondary N) is 1. The second kappa shape index (κ2) is 12.5. The van der Waals surface area contributed by atoms with Crippen molar-refractivity contribution in [1.29, 1.82) is 0 Å². The van der Waals surface area contributed by atoms with Gasteiger partial charge in [0.2, 0.25) is 5.91 Å². The van der Waals surface area contributed by atoms with Crippen LogP contribution in [0, 0.1) is 0 Å². The highest BCUT2D eigenvalue weighted by Gasteiger charge is 2.52. The zero-order chi connectivity index (χ0) is 30.9. The molecule has 5 atom stereocenters. The standard InChI is InChI=1S/C30H33F3N2O8/c1-41-23-12-16(15-37)11-20-24-21(28(39)34-8-9-36)13-22(25(38)27(24)43-26(20)23)35(14-19-3-2-10-42-19)29(40)17-4-6-18(7-5-17)30(31,32)33/h4-7,11-13,19,22,24-25,27,36-38H,2-3,8-10,14-15H2,1H3,(H,34,39)/t19-,22+,24-,25-,27-/m0/s1. The van der Waals surface area contributed by atoms with Gasteiger partial charge in [0.25, 0.3) is 5.91 Å². The van der Waals surface area contributed by atoms with E-state index in [4.69, 9.17) is 14.2 Å². The monoisotopic (exact) mass is 606 g/mol. The van der Waals surface area contributed by atoms with Crippen LogP contribution in [0.3, 0.4) is 0 Å². The summed E-state index contributed by atoms with van der Waals surface area (Å²) in [5, 5.41) is 33.5. The minimum Gasteiger partial charge on any atom is -0.493 e. The molecular formula is C30H33F3N2O8. The Hall–Kier alpha value is -3.65. The van der Waals surface area contributed by atoms with Crippen LogP contribution >= 0.6 is 0 Å². The molecule has 4 N–H and O–H groups in total. The van der Waals surface area contributed by atoms with Crippen LogP contribution in [0.4, 0.5) is 13.2 Å². The highest BCUT2D eigenvalue weighted by atomic mass is 19.4. The Morgan fingerprint density at radius 2 is 1.91 bits per heavy atom. The maximum atomic E-state index is 13.9. The van der Waals surface area contributed by atoms with Crippen molar-refractivity contribution >= 4 is 11.8 Å². The summed E-state index contributed by atoms with van der Waals surface area (Å²) >= 11 is 0. The first kappa shape index (κ1) is 30.8. The molecule has 2 aliphatic heterocycles. The first-order valence-electron chi connectivity index (χ1n) is 13.9. The number of nitrogens with zero attached hydrogens (tertiary/aromatic N) is 1. The fraction of sp³-hybridized carbons (Fsp3) is 0.467. The molecule has 0 aromatic heterocycles. The van der Waals surface area contributed by atoms with Crippen molar-refractivity contribution in [2.24, 2.45) is 0 Å². The van der Waals surface area contributed by atoms with Gasteiger partial charge in [-0.25, -0.2) is 0 Å². The number of halogens is 3. The SMILES string of the molecule is COc1cc(CO)cc2c1O[C@@H]1[C@@H](O)[C@H](N(C[C@@H]3CCCO3)C(=O)c3ccc(C(F)(F)F)cc3)C=C(C(=O)NCCO)[C@H]21. The molecule has 0 bridgehead atoms. The fourth-order valence-corrected chi connectivity index (χ4v) is 5.93. The Morgan fingerprint density at radius 1 is 1.16 bits per heavy atom. The molecule has 0 saturated carbocycles. The van der Waals surface area contributed by atoms with Gasteiger partial charge >= 0.3 is 6.18 Å². The molecule has 13 heteroatoms. The molecule has 0 radical (unpaired) electrons. The van der Waals surface area contributed by atoms with E-state index in [1.807, 2.05) is 0 Å². The summed E-state index contributed by atoms with van der Waals surface area (Å²) in [7, 11) is 1.41. The number of carbonyl (C=O) groups is 2. The number of alkyl halides is 3. The third-order valence-corrected chi connectivity index (χ3v) is 8.00. The van der Waals surface area contributed by atoms with Gasteiger partial charge in [0.1, 0.15) is 12.2 Å². The predicted octanol–water partition coefficient (Wildman–Crippen LogP) is 2.15. The quantitative estimate of drug-likeness (QED) is 0.341. The number of fused-ring (bicyclic) bond motifs is 3. The van der Waals surface area contributed by atoms with Crippen molar-refractivity contribution in [3.63, 3.8) is 0 Å². The van der Waals surface area contributed by atoms with Crippen LogP contribution in [-0.2, 0) is 22.3 Å². The molecule has 1 fully saturated rings. The van der Waals surface area contributed by atoms with Crippen molar-refractivity contribution < 1.29 is 52.3 Å². The molecule has 0 unspecified atom stereocenters. The minimum atomic E-state index is -4.58. The van der Waals surface area contributed by atoms with E-state index in [2.05, 4.69) is 5.32 Å². The van der Waals surface area contributed by atoms with Gasteiger partial charge in [-0.1, -0.05) is 0 Å². The molecule has 1 saturated heterocycles. The second-order valence-corrected chi connectivity index (χ2v) is 10.7. The number of aliphatic hydroxyl groups is 3. The second-order valence-electron chi connectivity index (χ2n) is 10.7. The molecule has 43 heavy (non-hydrogen) atoms. The van der Waals surface area contributed by atoms with Crippen LogP contribution < -0.4 is 14.8 Å². The summed E-state index contributed by atoms with van der Waals surface area (Å²) in [6, 6.07) is 5.88. The summed E-state index contributed by atoms with van der Waals surface area (Å²) in [4.78, 5) is 28.7. The lowest BCUT2D eigenvalue weighted by molar-refractivity contribution is -0.137. The Balaban J connectivity index is 1.58. The third-order valence-electron chi connectivity index (χ3n) is 8.00. The maximum Gasteiger partial charge on any atom is 0.416 e. The van der Waals surface area contributed by atoms with Crippen molar-refractivity contribution in [3.05, 3.63) is 70.3 Å². The average molecular weight is 607 g/mol. The maximum absolute atomic E-state index is 13.9. The molecule has 10 nitrogen and oxygen atoms in total. The lowest BCUT2D eigenvalue weighted by Crippen LogP contribution is -2.57. The summed E-state index contributed by atoms with van der Waals surface area (Å²) < 4.78 is 57.0. The Bertz CT molecular complexity index is 1370. The molecule has 0 spiro atoms. The third kappa shape index (κ3) is 6.07. The number of aliphatic hydroxyl groups excluding tert-OH is 3. The van der Waals surface area contributed by atoms with E-state index in [0.717, 1.165) is 30.7 Å². The van der Waals surface area contributed by atoms with E-state index in [-0.39, 0.29) is 48.9 Å². The van der Waals surface area contributed by atoms with E-state index >= 15 is 0 Å². The highest BCUT2D eigenvalue weighted by molar-refractivity contribution is 5.97. The Labute approximate surface area is 245 Å². The smallest absolute Gasteiger partial charge is 0.416 e. The zero-order valence-electron chi connectivity index (χ0n) is 23.3. The van der Waals surface area contributed by atoms with Gasteiger partial charge in [0.05, 0.1) is 44.0 Å². The molecule has 5 rings (SSSR count). The molecule has 232 valence electrons. The van der Waals surface area contributed by atoms with Gasteiger partial charge in [0.15, 0.2) is 11.5 Å². The number of benzene rings is 2. The molecule has 2 aromatic rings. The van der Waals surface area contributed by atoms with Crippen molar-refractivity contribution in [2.75, 3.05) is 33.4 Å². The molecule has 2 heterocycles. The Morgan fingerprint density at radius 3 is 2.51 bits per heavy atom. The van der Waals surface area contributed by atoms with Gasteiger partial charge in [-0.05, 0) is 60.9 Å². The van der Waals surface area contributed by atoms with E-state index in [1.54, 1.807) is 12.1 Å². The number of rotatable bonds is 9. The molecule has 1 aliphatic carbocycles. The predicted molar refractivity (Wildman–Crippen MR) is 146 cm³/mol. The van der Waals surface area contributed by atoms with Crippen LogP contribution in [0.5, 0.6) is 11.5 Å². The summed E-state index contributed by atoms with van der Waals surface area (Å²) in [6.07, 6.45) is -4.57. The molecule has 2 aromatic carbocycles. The molecular weight excluding hydrogens is 573 g/mol. The van der Waals surface area contributed by atoms with Crippen LogP contribution in [0.2, 0.25) is 0 Å². The number of hydrogen-bond acceptors (Lipinski definition) is 8. The molecule has 2 amide bonds. The first-order valence-corrected chi connectivity index (χ1v) is 13.9. The van der Waals surface area contributed by atoms with Crippen LogP contribution in [0.15, 0.2) is 48.0 Å². The lowest BCUT2D eigenvalue weighted by Gasteiger charge is -2.41. The van der Waals surface area contributed by atoms with Gasteiger partial charge < -0.3 is 39.7 Å². The van der Waals surface area contributed by atoms with Crippen LogP contribution in [0.1, 0.15) is 45.8 Å². The topological polar surface area (TPSA) is 138 Å². The van der Waals surface area contributed by atoms with Crippen LogP contribution in [0.25, 0.3) is 0 Å². The first-order chi connectivity index (χ1) is 20.6. The van der Waals surface area contributed by atoms with Gasteiger partial charge in [-0.3, -0.25) is 9.59 Å². The number of carbonyl (C=O) groups excluding carboxylic acids is 2. The van der Waals surface area contributed by atoms with Crippen molar-refractivity contribution in [3.8, 4) is 11.5 Å². The number of amides is 2. The largest absolute Gasteiger partial charge is 0.493 e. The number of ether oxygens (including phenoxy) is 3. The number of hydrogen-bond donors (Lipinski definition) is 4. The summed E-state index contributed by atoms with van der Waals surface area (Å²) in [5.74, 6) is -1.48.